The lowest BCUT2D eigenvalue weighted by Crippen LogP contribution is -2.25. The molecular formula is C12H14ClIN2O. The second-order valence-corrected chi connectivity index (χ2v) is 5.88. The fourth-order valence-electron chi connectivity index (χ4n) is 2.08. The summed E-state index contributed by atoms with van der Waals surface area (Å²) in [7, 11) is 0. The number of hydrogen-bond acceptors (Lipinski definition) is 2. The first-order valence-electron chi connectivity index (χ1n) is 5.79. The number of hydrogen-bond donors (Lipinski definition) is 1. The highest BCUT2D eigenvalue weighted by molar-refractivity contribution is 14.1. The molecule has 0 spiro atoms. The maximum Gasteiger partial charge on any atom is 0.228 e. The first kappa shape index (κ1) is 13.1. The highest BCUT2D eigenvalue weighted by atomic mass is 127. The maximum atomic E-state index is 12.0. The minimum atomic E-state index is 0.0929. The summed E-state index contributed by atoms with van der Waals surface area (Å²) in [6.45, 7) is 0. The number of nitrogens with one attached hydrogen (secondary N) is 1. The van der Waals surface area contributed by atoms with Gasteiger partial charge in [-0.3, -0.25) is 4.79 Å². The van der Waals surface area contributed by atoms with Gasteiger partial charge < -0.3 is 5.32 Å². The van der Waals surface area contributed by atoms with Crippen LogP contribution in [-0.2, 0) is 4.79 Å². The fraction of sp³-hybridized carbons (Fsp3) is 0.500. The molecular weight excluding hydrogens is 351 g/mol. The van der Waals surface area contributed by atoms with E-state index in [2.05, 4.69) is 32.9 Å². The average molecular weight is 365 g/mol. The van der Waals surface area contributed by atoms with Crippen LogP contribution in [0, 0.1) is 9.49 Å². The van der Waals surface area contributed by atoms with Crippen LogP contribution in [0.15, 0.2) is 12.3 Å². The van der Waals surface area contributed by atoms with Gasteiger partial charge in [-0.15, -0.1) is 0 Å². The van der Waals surface area contributed by atoms with E-state index >= 15 is 0 Å². The minimum Gasteiger partial charge on any atom is -0.310 e. The third-order valence-corrected chi connectivity index (χ3v) is 4.55. The Balaban J connectivity index is 1.99. The molecule has 1 aromatic rings. The first-order chi connectivity index (χ1) is 8.16. The maximum absolute atomic E-state index is 12.0. The van der Waals surface area contributed by atoms with Crippen molar-refractivity contribution in [3.63, 3.8) is 0 Å². The van der Waals surface area contributed by atoms with Crippen LogP contribution in [0.2, 0.25) is 5.02 Å². The third kappa shape index (κ3) is 3.55. The lowest BCUT2D eigenvalue weighted by Gasteiger charge is -2.20. The summed E-state index contributed by atoms with van der Waals surface area (Å²) in [6, 6.07) is 1.80. The molecule has 0 aliphatic heterocycles. The number of carbonyl (C=O) groups is 1. The van der Waals surface area contributed by atoms with Crippen molar-refractivity contribution in [2.75, 3.05) is 5.32 Å². The molecule has 0 atom stereocenters. The second-order valence-electron chi connectivity index (χ2n) is 4.31. The van der Waals surface area contributed by atoms with Gasteiger partial charge in [-0.2, -0.15) is 0 Å². The molecule has 0 saturated heterocycles. The Morgan fingerprint density at radius 2 is 2.12 bits per heavy atom. The number of anilines is 1. The number of nitrogens with zero attached hydrogens (tertiary/aromatic N) is 1. The quantitative estimate of drug-likeness (QED) is 0.810. The van der Waals surface area contributed by atoms with E-state index in [-0.39, 0.29) is 11.8 Å². The summed E-state index contributed by atoms with van der Waals surface area (Å²) in [5, 5.41) is 3.48. The number of halogens is 2. The lowest BCUT2D eigenvalue weighted by atomic mass is 9.89. The number of amides is 1. The predicted molar refractivity (Wildman–Crippen MR) is 77.2 cm³/mol. The highest BCUT2D eigenvalue weighted by Gasteiger charge is 2.21. The van der Waals surface area contributed by atoms with E-state index in [0.717, 1.165) is 29.3 Å². The van der Waals surface area contributed by atoms with Crippen molar-refractivity contribution in [2.45, 2.75) is 32.1 Å². The Morgan fingerprint density at radius 3 is 2.76 bits per heavy atom. The fourth-order valence-corrected chi connectivity index (χ4v) is 2.61. The monoisotopic (exact) mass is 364 g/mol. The molecule has 92 valence electrons. The summed E-state index contributed by atoms with van der Waals surface area (Å²) in [5.41, 5.74) is 0. The van der Waals surface area contributed by atoms with Crippen LogP contribution in [0.4, 0.5) is 5.82 Å². The van der Waals surface area contributed by atoms with Crippen molar-refractivity contribution < 1.29 is 4.79 Å². The Kier molecular flexibility index (Phi) is 4.62. The zero-order valence-electron chi connectivity index (χ0n) is 9.38. The summed E-state index contributed by atoms with van der Waals surface area (Å²) >= 11 is 8.01. The first-order valence-corrected chi connectivity index (χ1v) is 7.24. The molecule has 0 aromatic carbocycles. The number of carbonyl (C=O) groups excluding carboxylic acids is 1. The molecule has 1 heterocycles. The minimum absolute atomic E-state index is 0.0929. The van der Waals surface area contributed by atoms with E-state index in [9.17, 15) is 4.79 Å². The van der Waals surface area contributed by atoms with Gasteiger partial charge in [0, 0.05) is 15.7 Å². The van der Waals surface area contributed by atoms with Crippen molar-refractivity contribution in [2.24, 2.45) is 5.92 Å². The van der Waals surface area contributed by atoms with Crippen LogP contribution < -0.4 is 5.32 Å². The zero-order valence-corrected chi connectivity index (χ0v) is 12.3. The van der Waals surface area contributed by atoms with Crippen LogP contribution in [0.1, 0.15) is 32.1 Å². The number of aromatic nitrogens is 1. The third-order valence-electron chi connectivity index (χ3n) is 3.04. The van der Waals surface area contributed by atoms with Crippen LogP contribution in [0.25, 0.3) is 0 Å². The van der Waals surface area contributed by atoms with E-state index in [1.165, 1.54) is 6.42 Å². The van der Waals surface area contributed by atoms with Crippen LogP contribution in [0.5, 0.6) is 0 Å². The molecule has 1 aliphatic rings. The molecule has 2 rings (SSSR count). The summed E-state index contributed by atoms with van der Waals surface area (Å²) in [4.78, 5) is 16.1. The molecule has 17 heavy (non-hydrogen) atoms. The molecule has 1 aliphatic carbocycles. The Bertz CT molecular complexity index is 419. The molecule has 1 saturated carbocycles. The topological polar surface area (TPSA) is 42.0 Å². The van der Waals surface area contributed by atoms with E-state index < -0.39 is 0 Å². The Hall–Kier alpha value is -0.360. The van der Waals surface area contributed by atoms with Crippen molar-refractivity contribution >= 4 is 45.9 Å². The summed E-state index contributed by atoms with van der Waals surface area (Å²) in [6.07, 6.45) is 7.13. The van der Waals surface area contributed by atoms with Gasteiger partial charge in [-0.25, -0.2) is 4.98 Å². The normalized spacial score (nSPS) is 16.8. The van der Waals surface area contributed by atoms with Gasteiger partial charge in [0.25, 0.3) is 0 Å². The molecule has 0 radical (unpaired) electrons. The van der Waals surface area contributed by atoms with E-state index in [1.54, 1.807) is 12.3 Å². The van der Waals surface area contributed by atoms with Crippen molar-refractivity contribution in [1.82, 2.24) is 4.98 Å². The van der Waals surface area contributed by atoms with Gasteiger partial charge in [0.15, 0.2) is 0 Å². The Morgan fingerprint density at radius 1 is 1.41 bits per heavy atom. The Labute approximate surface area is 119 Å². The smallest absolute Gasteiger partial charge is 0.228 e. The molecule has 0 unspecified atom stereocenters. The molecule has 5 heteroatoms. The van der Waals surface area contributed by atoms with Crippen LogP contribution >= 0.6 is 34.2 Å². The zero-order chi connectivity index (χ0) is 12.3. The van der Waals surface area contributed by atoms with Crippen molar-refractivity contribution in [3.05, 3.63) is 20.9 Å². The SMILES string of the molecule is O=C(Nc1cc(I)c(Cl)cn1)C1CCCCC1. The van der Waals surface area contributed by atoms with Gasteiger partial charge in [0.05, 0.1) is 5.02 Å². The summed E-state index contributed by atoms with van der Waals surface area (Å²) < 4.78 is 0.901. The molecule has 1 fully saturated rings. The predicted octanol–water partition coefficient (Wildman–Crippen LogP) is 3.86. The average Bonchev–Trinajstić information content (AvgIpc) is 2.35. The standard InChI is InChI=1S/C12H14ClIN2O/c13-9-7-15-11(6-10(9)14)16-12(17)8-4-2-1-3-5-8/h6-8H,1-5H2,(H,15,16,17). The lowest BCUT2D eigenvalue weighted by molar-refractivity contribution is -0.120. The molecule has 3 nitrogen and oxygen atoms in total. The molecule has 1 aromatic heterocycles. The van der Waals surface area contributed by atoms with Gasteiger partial charge in [-0.1, -0.05) is 30.9 Å². The van der Waals surface area contributed by atoms with Gasteiger partial charge in [0.2, 0.25) is 5.91 Å². The van der Waals surface area contributed by atoms with Crippen LogP contribution in [0.3, 0.4) is 0 Å². The second kappa shape index (κ2) is 6.00. The van der Waals surface area contributed by atoms with E-state index in [4.69, 9.17) is 11.6 Å². The molecule has 1 amide bonds. The van der Waals surface area contributed by atoms with Gasteiger partial charge >= 0.3 is 0 Å². The van der Waals surface area contributed by atoms with Gasteiger partial charge in [-0.05, 0) is 41.5 Å². The summed E-state index contributed by atoms with van der Waals surface area (Å²) in [5.74, 6) is 0.837. The highest BCUT2D eigenvalue weighted by Crippen LogP contribution is 2.25. The van der Waals surface area contributed by atoms with Crippen LogP contribution in [-0.4, -0.2) is 10.9 Å². The van der Waals surface area contributed by atoms with Crippen molar-refractivity contribution in [3.8, 4) is 0 Å². The number of rotatable bonds is 2. The van der Waals surface area contributed by atoms with E-state index in [0.29, 0.717) is 10.8 Å². The molecule has 0 bridgehead atoms. The molecule has 1 N–H and O–H groups in total. The largest absolute Gasteiger partial charge is 0.310 e. The number of pyridine rings is 1. The van der Waals surface area contributed by atoms with Gasteiger partial charge in [0.1, 0.15) is 5.82 Å². The van der Waals surface area contributed by atoms with E-state index in [1.807, 2.05) is 0 Å². The van der Waals surface area contributed by atoms with Crippen molar-refractivity contribution in [1.29, 1.82) is 0 Å².